The molecule has 0 aliphatic carbocycles. The summed E-state index contributed by atoms with van der Waals surface area (Å²) in [6, 6.07) is 22.2. The molecule has 0 radical (unpaired) electrons. The van der Waals surface area contributed by atoms with Crippen LogP contribution in [0.25, 0.3) is 27.8 Å². The summed E-state index contributed by atoms with van der Waals surface area (Å²) in [7, 11) is 1.57. The van der Waals surface area contributed by atoms with Gasteiger partial charge in [0.15, 0.2) is 10.3 Å². The van der Waals surface area contributed by atoms with Crippen LogP contribution in [-0.2, 0) is 4.79 Å². The molecule has 0 fully saturated rings. The Morgan fingerprint density at radius 3 is 2.75 bits per heavy atom. The van der Waals surface area contributed by atoms with Gasteiger partial charge in [0.2, 0.25) is 5.91 Å². The van der Waals surface area contributed by atoms with E-state index < -0.39 is 0 Å². The molecule has 3 aromatic carbocycles. The zero-order valence-electron chi connectivity index (χ0n) is 19.0. The minimum atomic E-state index is -0.241. The number of hydrogen-bond donors (Lipinski definition) is 1. The zero-order chi connectivity index (χ0) is 25.1. The lowest BCUT2D eigenvalue weighted by Gasteiger charge is -2.14. The van der Waals surface area contributed by atoms with E-state index in [0.717, 1.165) is 15.7 Å². The number of fused-ring (bicyclic) bond motifs is 1. The van der Waals surface area contributed by atoms with Crippen LogP contribution >= 0.6 is 39.0 Å². The van der Waals surface area contributed by atoms with E-state index in [1.165, 1.54) is 27.7 Å². The lowest BCUT2D eigenvalue weighted by molar-refractivity contribution is -0.113. The van der Waals surface area contributed by atoms with Gasteiger partial charge in [0.1, 0.15) is 5.75 Å². The Balaban J connectivity index is 1.39. The van der Waals surface area contributed by atoms with Crippen LogP contribution in [0.15, 0.2) is 92.6 Å². The van der Waals surface area contributed by atoms with Crippen molar-refractivity contribution in [3.8, 4) is 22.7 Å². The van der Waals surface area contributed by atoms with Crippen molar-refractivity contribution in [3.63, 3.8) is 0 Å². The predicted octanol–water partition coefficient (Wildman–Crippen LogP) is 6.01. The molecule has 180 valence electrons. The first-order valence-corrected chi connectivity index (χ1v) is 13.5. The molecule has 5 rings (SSSR count). The monoisotopic (exact) mass is 578 g/mol. The highest BCUT2D eigenvalue weighted by Crippen LogP contribution is 2.28. The fourth-order valence-corrected chi connectivity index (χ4v) is 5.53. The molecule has 0 spiro atoms. The van der Waals surface area contributed by atoms with Gasteiger partial charge in [0.25, 0.3) is 5.56 Å². The molecule has 2 aromatic heterocycles. The minimum absolute atomic E-state index is 0.0561. The van der Waals surface area contributed by atoms with Gasteiger partial charge in [-0.3, -0.25) is 14.2 Å². The van der Waals surface area contributed by atoms with Crippen LogP contribution in [0, 0.1) is 0 Å². The molecule has 0 saturated heterocycles. The summed E-state index contributed by atoms with van der Waals surface area (Å²) in [5.74, 6) is 0.432. The smallest absolute Gasteiger partial charge is 0.266 e. The second-order valence-electron chi connectivity index (χ2n) is 7.64. The molecule has 7 nitrogen and oxygen atoms in total. The van der Waals surface area contributed by atoms with Crippen molar-refractivity contribution in [2.75, 3.05) is 18.2 Å². The Morgan fingerprint density at radius 2 is 1.92 bits per heavy atom. The van der Waals surface area contributed by atoms with E-state index in [0.29, 0.717) is 32.6 Å². The van der Waals surface area contributed by atoms with Crippen LogP contribution < -0.4 is 15.6 Å². The maximum atomic E-state index is 13.4. The molecule has 0 bridgehead atoms. The number of carbonyl (C=O) groups is 1. The molecule has 0 unspecified atom stereocenters. The number of aromatic nitrogens is 3. The summed E-state index contributed by atoms with van der Waals surface area (Å²) in [6.45, 7) is 0. The fraction of sp³-hybridized carbons (Fsp3) is 0.0769. The van der Waals surface area contributed by atoms with Gasteiger partial charge in [-0.2, -0.15) is 0 Å². The number of anilines is 1. The summed E-state index contributed by atoms with van der Waals surface area (Å²) in [6.07, 6.45) is 0. The van der Waals surface area contributed by atoms with E-state index in [-0.39, 0.29) is 17.2 Å². The van der Waals surface area contributed by atoms with Crippen molar-refractivity contribution in [1.29, 1.82) is 0 Å². The molecule has 0 aliphatic rings. The molecule has 0 saturated carbocycles. The molecule has 10 heteroatoms. The number of carbonyl (C=O) groups excluding carboxylic acids is 1. The van der Waals surface area contributed by atoms with Gasteiger partial charge in [-0.15, -0.1) is 11.3 Å². The maximum absolute atomic E-state index is 13.4. The highest BCUT2D eigenvalue weighted by molar-refractivity contribution is 9.10. The second-order valence-corrected chi connectivity index (χ2v) is 10.4. The first kappa shape index (κ1) is 24.2. The third kappa shape index (κ3) is 5.20. The van der Waals surface area contributed by atoms with Gasteiger partial charge in [-0.05, 0) is 36.4 Å². The third-order valence-electron chi connectivity index (χ3n) is 5.26. The van der Waals surface area contributed by atoms with Crippen LogP contribution in [0.1, 0.15) is 0 Å². The van der Waals surface area contributed by atoms with Gasteiger partial charge >= 0.3 is 0 Å². The number of nitrogens with one attached hydrogen (secondary N) is 1. The molecule has 2 heterocycles. The van der Waals surface area contributed by atoms with Crippen LogP contribution in [-0.4, -0.2) is 33.3 Å². The standard InChI is InChI=1S/C26H19BrN4O3S2/c1-34-19-9-5-8-18(13-19)31-24(33)20-10-2-3-11-21(20)29-26(31)36-15-23(32)30-25-28-22(14-35-25)16-6-4-7-17(27)12-16/h2-14H,15H2,1H3,(H,28,30,32). The van der Waals surface area contributed by atoms with Crippen molar-refractivity contribution < 1.29 is 9.53 Å². The van der Waals surface area contributed by atoms with E-state index >= 15 is 0 Å². The van der Waals surface area contributed by atoms with Crippen molar-refractivity contribution in [1.82, 2.24) is 14.5 Å². The van der Waals surface area contributed by atoms with Crippen molar-refractivity contribution in [2.24, 2.45) is 0 Å². The van der Waals surface area contributed by atoms with Crippen LogP contribution in [0.2, 0.25) is 0 Å². The second kappa shape index (κ2) is 10.7. The summed E-state index contributed by atoms with van der Waals surface area (Å²) in [4.78, 5) is 35.4. The first-order chi connectivity index (χ1) is 17.5. The zero-order valence-corrected chi connectivity index (χ0v) is 22.2. The van der Waals surface area contributed by atoms with E-state index in [4.69, 9.17) is 4.74 Å². The lowest BCUT2D eigenvalue weighted by atomic mass is 10.2. The van der Waals surface area contributed by atoms with Gasteiger partial charge in [-0.25, -0.2) is 9.97 Å². The normalized spacial score (nSPS) is 10.9. The van der Waals surface area contributed by atoms with Gasteiger partial charge < -0.3 is 10.1 Å². The summed E-state index contributed by atoms with van der Waals surface area (Å²) in [5.41, 5.74) is 2.71. The molecule has 1 amide bonds. The number of para-hydroxylation sites is 1. The highest BCUT2D eigenvalue weighted by atomic mass is 79.9. The largest absolute Gasteiger partial charge is 0.497 e. The number of nitrogens with zero attached hydrogens (tertiary/aromatic N) is 3. The Labute approximate surface area is 223 Å². The van der Waals surface area contributed by atoms with Gasteiger partial charge in [0, 0.05) is 21.5 Å². The van der Waals surface area contributed by atoms with Crippen molar-refractivity contribution >= 4 is 61.0 Å². The average Bonchev–Trinajstić information content (AvgIpc) is 3.36. The van der Waals surface area contributed by atoms with E-state index in [1.807, 2.05) is 47.8 Å². The van der Waals surface area contributed by atoms with Crippen molar-refractivity contribution in [2.45, 2.75) is 5.16 Å². The number of amides is 1. The lowest BCUT2D eigenvalue weighted by Crippen LogP contribution is -2.23. The fourth-order valence-electron chi connectivity index (χ4n) is 3.58. The van der Waals surface area contributed by atoms with Crippen LogP contribution in [0.3, 0.4) is 0 Å². The van der Waals surface area contributed by atoms with E-state index in [2.05, 4.69) is 31.2 Å². The molecule has 0 atom stereocenters. The molecule has 0 aliphatic heterocycles. The first-order valence-electron chi connectivity index (χ1n) is 10.8. The number of hydrogen-bond acceptors (Lipinski definition) is 7. The van der Waals surface area contributed by atoms with E-state index in [1.54, 1.807) is 37.4 Å². The number of halogens is 1. The Kier molecular flexibility index (Phi) is 7.17. The average molecular weight is 580 g/mol. The SMILES string of the molecule is COc1cccc(-n2c(SCC(=O)Nc3nc(-c4cccc(Br)c4)cs3)nc3ccccc3c2=O)c1. The Hall–Kier alpha value is -3.47. The molecular formula is C26H19BrN4O3S2. The predicted molar refractivity (Wildman–Crippen MR) is 148 cm³/mol. The van der Waals surface area contributed by atoms with Gasteiger partial charge in [0.05, 0.1) is 35.1 Å². The third-order valence-corrected chi connectivity index (χ3v) is 7.45. The number of benzene rings is 3. The summed E-state index contributed by atoms with van der Waals surface area (Å²) >= 11 is 6.01. The van der Waals surface area contributed by atoms with Gasteiger partial charge in [-0.1, -0.05) is 58.0 Å². The topological polar surface area (TPSA) is 86.1 Å². The number of methoxy groups -OCH3 is 1. The number of thiazole rings is 1. The molecule has 5 aromatic rings. The summed E-state index contributed by atoms with van der Waals surface area (Å²) < 4.78 is 7.80. The molecule has 36 heavy (non-hydrogen) atoms. The number of ether oxygens (including phenoxy) is 1. The highest BCUT2D eigenvalue weighted by Gasteiger charge is 2.16. The van der Waals surface area contributed by atoms with Crippen molar-refractivity contribution in [3.05, 3.63) is 93.0 Å². The Bertz CT molecular complexity index is 1630. The number of rotatable bonds is 7. The van der Waals surface area contributed by atoms with E-state index in [9.17, 15) is 9.59 Å². The molecule has 1 N–H and O–H groups in total. The minimum Gasteiger partial charge on any atom is -0.497 e. The molecular weight excluding hydrogens is 560 g/mol. The Morgan fingerprint density at radius 1 is 1.08 bits per heavy atom. The van der Waals surface area contributed by atoms with Crippen LogP contribution in [0.4, 0.5) is 5.13 Å². The number of thioether (sulfide) groups is 1. The maximum Gasteiger partial charge on any atom is 0.266 e. The summed E-state index contributed by atoms with van der Waals surface area (Å²) in [5, 5.41) is 6.16. The van der Waals surface area contributed by atoms with Crippen LogP contribution in [0.5, 0.6) is 5.75 Å². The quantitative estimate of drug-likeness (QED) is 0.188.